The lowest BCUT2D eigenvalue weighted by molar-refractivity contribution is 0.481. The second-order valence-corrected chi connectivity index (χ2v) is 8.31. The maximum Gasteiger partial charge on any atom is 0.264 e. The Morgan fingerprint density at radius 2 is 2.24 bits per heavy atom. The number of benzene rings is 1. The van der Waals surface area contributed by atoms with Crippen LogP contribution in [0.3, 0.4) is 0 Å². The van der Waals surface area contributed by atoms with Gasteiger partial charge in [-0.1, -0.05) is 35.6 Å². The molecule has 114 valence electrons. The topological polar surface area (TPSA) is 57.6 Å². The molecule has 0 amide bonds. The summed E-state index contributed by atoms with van der Waals surface area (Å²) in [5, 5.41) is 1.56. The normalized spacial score (nSPS) is 16.3. The molecule has 0 spiro atoms. The lowest BCUT2D eigenvalue weighted by Crippen LogP contribution is -2.22. The summed E-state index contributed by atoms with van der Waals surface area (Å²) < 4.78 is 30.5. The first-order valence-electron chi connectivity index (χ1n) is 6.18. The zero-order chi connectivity index (χ0) is 15.6. The van der Waals surface area contributed by atoms with Crippen LogP contribution in [0.2, 0.25) is 5.02 Å². The summed E-state index contributed by atoms with van der Waals surface area (Å²) in [4.78, 5) is 3.78. The van der Waals surface area contributed by atoms with Crippen LogP contribution in [0.4, 0.5) is 5.69 Å². The molecule has 0 aliphatic carbocycles. The third-order valence-corrected chi connectivity index (χ3v) is 5.07. The van der Waals surface area contributed by atoms with Crippen molar-refractivity contribution in [1.29, 1.82) is 0 Å². The van der Waals surface area contributed by atoms with Crippen molar-refractivity contribution in [3.63, 3.8) is 0 Å². The van der Waals surface area contributed by atoms with Crippen LogP contribution in [0.1, 0.15) is 13.3 Å². The molecule has 0 bridgehead atoms. The molecule has 0 fully saturated rings. The van der Waals surface area contributed by atoms with Crippen molar-refractivity contribution in [3.8, 4) is 0 Å². The van der Waals surface area contributed by atoms with E-state index in [0.717, 1.165) is 20.5 Å². The monoisotopic (exact) mass is 363 g/mol. The number of thiocarbonyl (C=S) groups is 1. The zero-order valence-corrected chi connectivity index (χ0v) is 14.4. The van der Waals surface area contributed by atoms with Gasteiger partial charge in [0.1, 0.15) is 0 Å². The minimum absolute atomic E-state index is 0.270. The van der Waals surface area contributed by atoms with Crippen molar-refractivity contribution >= 4 is 56.3 Å². The highest BCUT2D eigenvalue weighted by molar-refractivity contribution is 8.03. The van der Waals surface area contributed by atoms with E-state index in [0.29, 0.717) is 18.0 Å². The van der Waals surface area contributed by atoms with E-state index in [1.807, 2.05) is 36.1 Å². The zero-order valence-electron chi connectivity index (χ0n) is 11.2. The molecule has 1 aliphatic heterocycles. The van der Waals surface area contributed by atoms with E-state index in [9.17, 15) is 8.42 Å². The number of rotatable bonds is 5. The molecule has 4 nitrogen and oxygen atoms in total. The molecule has 0 saturated carbocycles. The fourth-order valence-corrected chi connectivity index (χ4v) is 4.01. The molecular weight excluding hydrogens is 350 g/mol. The Hall–Kier alpha value is -0.600. The van der Waals surface area contributed by atoms with Crippen LogP contribution in [0, 0.1) is 0 Å². The first-order chi connectivity index (χ1) is 9.76. The summed E-state index contributed by atoms with van der Waals surface area (Å²) in [6, 6.07) is 5.59. The summed E-state index contributed by atoms with van der Waals surface area (Å²) in [6.07, 6.45) is 2.19. The van der Waals surface area contributed by atoms with E-state index in [4.69, 9.17) is 28.4 Å². The SMILES string of the molecule is CC(=S)C=C1Sc2ccc(Cl)cc2N1CCCS(=O)(=O)O. The van der Waals surface area contributed by atoms with Gasteiger partial charge in [-0.2, -0.15) is 8.42 Å². The van der Waals surface area contributed by atoms with E-state index in [1.54, 1.807) is 11.8 Å². The minimum atomic E-state index is -3.95. The Labute approximate surface area is 138 Å². The van der Waals surface area contributed by atoms with Gasteiger partial charge >= 0.3 is 0 Å². The predicted molar refractivity (Wildman–Crippen MR) is 92.0 cm³/mol. The molecule has 2 rings (SSSR count). The summed E-state index contributed by atoms with van der Waals surface area (Å²) in [5.74, 6) is -0.270. The highest BCUT2D eigenvalue weighted by Gasteiger charge is 2.25. The number of fused-ring (bicyclic) bond motifs is 1. The fourth-order valence-electron chi connectivity index (χ4n) is 1.99. The largest absolute Gasteiger partial charge is 0.335 e. The first kappa shape index (κ1) is 16.8. The van der Waals surface area contributed by atoms with Crippen LogP contribution < -0.4 is 4.90 Å². The van der Waals surface area contributed by atoms with Crippen molar-refractivity contribution < 1.29 is 13.0 Å². The number of nitrogens with zero attached hydrogens (tertiary/aromatic N) is 1. The smallest absolute Gasteiger partial charge is 0.264 e. The van der Waals surface area contributed by atoms with E-state index in [1.165, 1.54) is 0 Å². The summed E-state index contributed by atoms with van der Waals surface area (Å²) in [7, 11) is -3.95. The van der Waals surface area contributed by atoms with Gasteiger partial charge in [-0.3, -0.25) is 4.55 Å². The molecule has 0 atom stereocenters. The van der Waals surface area contributed by atoms with Gasteiger partial charge in [-0.25, -0.2) is 0 Å². The number of hydrogen-bond donors (Lipinski definition) is 1. The molecule has 0 saturated heterocycles. The second kappa shape index (κ2) is 6.66. The van der Waals surface area contributed by atoms with Gasteiger partial charge in [0.2, 0.25) is 0 Å². The molecule has 0 unspecified atom stereocenters. The lowest BCUT2D eigenvalue weighted by Gasteiger charge is -2.20. The van der Waals surface area contributed by atoms with Gasteiger partial charge in [0.05, 0.1) is 16.5 Å². The molecule has 0 radical (unpaired) electrons. The summed E-state index contributed by atoms with van der Waals surface area (Å²) in [5.41, 5.74) is 0.935. The highest BCUT2D eigenvalue weighted by atomic mass is 35.5. The molecule has 0 aromatic heterocycles. The third-order valence-electron chi connectivity index (χ3n) is 2.80. The van der Waals surface area contributed by atoms with Crippen LogP contribution in [-0.2, 0) is 10.1 Å². The molecule has 1 heterocycles. The predicted octanol–water partition coefficient (Wildman–Crippen LogP) is 3.76. The van der Waals surface area contributed by atoms with E-state index >= 15 is 0 Å². The maximum absolute atomic E-state index is 10.8. The quantitative estimate of drug-likeness (QED) is 0.488. The average Bonchev–Trinajstić information content (AvgIpc) is 2.65. The standard InChI is InChI=1S/C13H14ClNO3S3/c1-9(19)7-13-15(5-2-6-21(16,17)18)11-8-10(14)3-4-12(11)20-13/h3-4,7-8H,2,5-6H2,1H3,(H,16,17,18). The van der Waals surface area contributed by atoms with Crippen LogP contribution in [0.15, 0.2) is 34.2 Å². The van der Waals surface area contributed by atoms with Gasteiger partial charge in [-0.15, -0.1) is 0 Å². The first-order valence-corrected chi connectivity index (χ1v) is 9.40. The third kappa shape index (κ3) is 4.69. The number of anilines is 1. The van der Waals surface area contributed by atoms with Crippen molar-refractivity contribution in [2.24, 2.45) is 0 Å². The average molecular weight is 364 g/mol. The Balaban J connectivity index is 2.25. The molecule has 1 N–H and O–H groups in total. The molecule has 8 heteroatoms. The van der Waals surface area contributed by atoms with Gasteiger partial charge in [0.15, 0.2) is 0 Å². The number of thioether (sulfide) groups is 1. The van der Waals surface area contributed by atoms with Crippen molar-refractivity contribution in [1.82, 2.24) is 0 Å². The second-order valence-electron chi connectivity index (χ2n) is 4.60. The maximum atomic E-state index is 10.8. The van der Waals surface area contributed by atoms with Crippen molar-refractivity contribution in [2.45, 2.75) is 18.2 Å². The molecule has 1 aromatic carbocycles. The Morgan fingerprint density at radius 1 is 1.52 bits per heavy atom. The minimum Gasteiger partial charge on any atom is -0.335 e. The van der Waals surface area contributed by atoms with Gasteiger partial charge in [0, 0.05) is 21.3 Å². The number of allylic oxidation sites excluding steroid dienone is 1. The Kier molecular flexibility index (Phi) is 5.32. The van der Waals surface area contributed by atoms with Crippen LogP contribution in [-0.4, -0.2) is 30.1 Å². The van der Waals surface area contributed by atoms with E-state index < -0.39 is 10.1 Å². The summed E-state index contributed by atoms with van der Waals surface area (Å²) >= 11 is 12.7. The Bertz CT molecular complexity index is 701. The molecule has 21 heavy (non-hydrogen) atoms. The van der Waals surface area contributed by atoms with Gasteiger partial charge < -0.3 is 4.90 Å². The number of halogens is 1. The van der Waals surface area contributed by atoms with Crippen LogP contribution in [0.25, 0.3) is 0 Å². The Morgan fingerprint density at radius 3 is 2.86 bits per heavy atom. The molecule has 1 aliphatic rings. The van der Waals surface area contributed by atoms with Gasteiger partial charge in [0.25, 0.3) is 10.1 Å². The van der Waals surface area contributed by atoms with Gasteiger partial charge in [-0.05, 0) is 37.6 Å². The van der Waals surface area contributed by atoms with E-state index in [2.05, 4.69) is 0 Å². The molecule has 1 aromatic rings. The van der Waals surface area contributed by atoms with Crippen LogP contribution in [0.5, 0.6) is 0 Å². The van der Waals surface area contributed by atoms with Crippen LogP contribution >= 0.6 is 35.6 Å². The number of hydrogen-bond acceptors (Lipinski definition) is 5. The summed E-state index contributed by atoms with van der Waals surface area (Å²) in [6.45, 7) is 2.30. The lowest BCUT2D eigenvalue weighted by atomic mass is 10.2. The molecular formula is C13H14ClNO3S3. The fraction of sp³-hybridized carbons (Fsp3) is 0.308. The van der Waals surface area contributed by atoms with E-state index in [-0.39, 0.29) is 5.75 Å². The van der Waals surface area contributed by atoms with Crippen molar-refractivity contribution in [3.05, 3.63) is 34.3 Å². The van der Waals surface area contributed by atoms with Crippen molar-refractivity contribution in [2.75, 3.05) is 17.2 Å². The highest BCUT2D eigenvalue weighted by Crippen LogP contribution is 2.46.